The maximum atomic E-state index is 10.0. The molecule has 0 bridgehead atoms. The van der Waals surface area contributed by atoms with Crippen molar-refractivity contribution in [2.75, 3.05) is 20.8 Å². The highest BCUT2D eigenvalue weighted by atomic mass is 16.5. The van der Waals surface area contributed by atoms with E-state index < -0.39 is 0 Å². The second kappa shape index (κ2) is 5.27. The number of benzene rings is 1. The molecule has 17 heavy (non-hydrogen) atoms. The minimum atomic E-state index is 0.147. The summed E-state index contributed by atoms with van der Waals surface area (Å²) in [6.07, 6.45) is 3.36. The molecule has 94 valence electrons. The van der Waals surface area contributed by atoms with Crippen LogP contribution in [0.5, 0.6) is 17.2 Å². The van der Waals surface area contributed by atoms with Gasteiger partial charge in [0.1, 0.15) is 5.75 Å². The molecular formula is C13H19NO3. The Kier molecular flexibility index (Phi) is 3.74. The molecule has 1 aliphatic heterocycles. The number of methoxy groups -OCH3 is 2. The first-order valence-corrected chi connectivity index (χ1v) is 5.95. The van der Waals surface area contributed by atoms with Crippen molar-refractivity contribution in [3.8, 4) is 17.2 Å². The van der Waals surface area contributed by atoms with Gasteiger partial charge in [-0.2, -0.15) is 0 Å². The lowest BCUT2D eigenvalue weighted by molar-refractivity contribution is 0.329. The van der Waals surface area contributed by atoms with Crippen LogP contribution in [0, 0.1) is 0 Å². The van der Waals surface area contributed by atoms with Crippen LogP contribution in [0.3, 0.4) is 0 Å². The van der Waals surface area contributed by atoms with Crippen molar-refractivity contribution in [1.29, 1.82) is 0 Å². The summed E-state index contributed by atoms with van der Waals surface area (Å²) in [5.41, 5.74) is 0.812. The minimum absolute atomic E-state index is 0.147. The molecule has 2 rings (SSSR count). The Labute approximate surface area is 102 Å². The van der Waals surface area contributed by atoms with E-state index >= 15 is 0 Å². The van der Waals surface area contributed by atoms with Crippen LogP contribution < -0.4 is 14.8 Å². The molecular weight excluding hydrogens is 218 g/mol. The smallest absolute Gasteiger partial charge is 0.169 e. The van der Waals surface area contributed by atoms with Crippen LogP contribution in [0.15, 0.2) is 12.1 Å². The SMILES string of the molecule is COc1ccc(O)c(C2CCCCN2)c1OC. The Balaban J connectivity index is 2.41. The summed E-state index contributed by atoms with van der Waals surface area (Å²) in [6.45, 7) is 0.977. The predicted molar refractivity (Wildman–Crippen MR) is 65.8 cm³/mol. The van der Waals surface area contributed by atoms with E-state index in [1.54, 1.807) is 26.4 Å². The Morgan fingerprint density at radius 1 is 1.24 bits per heavy atom. The first-order valence-electron chi connectivity index (χ1n) is 5.95. The van der Waals surface area contributed by atoms with Gasteiger partial charge in [-0.3, -0.25) is 0 Å². The number of ether oxygens (including phenoxy) is 2. The number of phenols is 1. The molecule has 1 aromatic carbocycles. The highest BCUT2D eigenvalue weighted by molar-refractivity contribution is 5.55. The van der Waals surface area contributed by atoms with Gasteiger partial charge in [0.15, 0.2) is 11.5 Å². The van der Waals surface area contributed by atoms with Crippen molar-refractivity contribution < 1.29 is 14.6 Å². The molecule has 0 saturated carbocycles. The van der Waals surface area contributed by atoms with Crippen molar-refractivity contribution in [2.24, 2.45) is 0 Å². The number of hydrogen-bond donors (Lipinski definition) is 2. The second-order valence-corrected chi connectivity index (χ2v) is 4.24. The van der Waals surface area contributed by atoms with Crippen LogP contribution in [-0.2, 0) is 0 Å². The van der Waals surface area contributed by atoms with E-state index in [2.05, 4.69) is 5.32 Å². The molecule has 1 heterocycles. The molecule has 1 unspecified atom stereocenters. The Morgan fingerprint density at radius 2 is 2.06 bits per heavy atom. The lowest BCUT2D eigenvalue weighted by atomic mass is 9.95. The summed E-state index contributed by atoms with van der Waals surface area (Å²) in [6, 6.07) is 3.53. The number of nitrogens with one attached hydrogen (secondary N) is 1. The molecule has 0 aliphatic carbocycles. The molecule has 4 heteroatoms. The third-order valence-corrected chi connectivity index (χ3v) is 3.22. The zero-order valence-corrected chi connectivity index (χ0v) is 10.3. The van der Waals surface area contributed by atoms with Gasteiger partial charge >= 0.3 is 0 Å². The molecule has 1 atom stereocenters. The molecule has 1 saturated heterocycles. The molecule has 0 amide bonds. The van der Waals surface area contributed by atoms with E-state index in [1.807, 2.05) is 0 Å². The summed E-state index contributed by atoms with van der Waals surface area (Å²) in [7, 11) is 3.20. The molecule has 1 fully saturated rings. The van der Waals surface area contributed by atoms with Gasteiger partial charge in [-0.05, 0) is 31.5 Å². The van der Waals surface area contributed by atoms with E-state index in [0.29, 0.717) is 11.5 Å². The van der Waals surface area contributed by atoms with E-state index in [4.69, 9.17) is 9.47 Å². The van der Waals surface area contributed by atoms with Crippen LogP contribution in [0.2, 0.25) is 0 Å². The highest BCUT2D eigenvalue weighted by Crippen LogP contribution is 2.42. The zero-order valence-electron chi connectivity index (χ0n) is 10.3. The van der Waals surface area contributed by atoms with E-state index in [9.17, 15) is 5.11 Å². The number of rotatable bonds is 3. The fourth-order valence-electron chi connectivity index (χ4n) is 2.38. The molecule has 1 aromatic rings. The van der Waals surface area contributed by atoms with Crippen LogP contribution in [-0.4, -0.2) is 25.9 Å². The van der Waals surface area contributed by atoms with Gasteiger partial charge in [0.05, 0.1) is 19.8 Å². The fraction of sp³-hybridized carbons (Fsp3) is 0.538. The summed E-state index contributed by atoms with van der Waals surface area (Å²) in [5, 5.41) is 13.4. The lowest BCUT2D eigenvalue weighted by Crippen LogP contribution is -2.27. The first-order chi connectivity index (χ1) is 8.27. The molecule has 0 spiro atoms. The van der Waals surface area contributed by atoms with Crippen molar-refractivity contribution in [3.63, 3.8) is 0 Å². The lowest BCUT2D eigenvalue weighted by Gasteiger charge is -2.26. The maximum Gasteiger partial charge on any atom is 0.169 e. The Bertz CT molecular complexity index is 386. The Morgan fingerprint density at radius 3 is 2.65 bits per heavy atom. The van der Waals surface area contributed by atoms with Gasteiger partial charge < -0.3 is 19.9 Å². The highest BCUT2D eigenvalue weighted by Gasteiger charge is 2.24. The average molecular weight is 237 g/mol. The normalized spacial score (nSPS) is 20.0. The number of phenolic OH excluding ortho intramolecular Hbond substituents is 1. The topological polar surface area (TPSA) is 50.7 Å². The number of piperidine rings is 1. The largest absolute Gasteiger partial charge is 0.507 e. The van der Waals surface area contributed by atoms with Crippen LogP contribution >= 0.6 is 0 Å². The second-order valence-electron chi connectivity index (χ2n) is 4.24. The quantitative estimate of drug-likeness (QED) is 0.846. The van der Waals surface area contributed by atoms with Gasteiger partial charge in [-0.15, -0.1) is 0 Å². The minimum Gasteiger partial charge on any atom is -0.507 e. The summed E-state index contributed by atoms with van der Waals surface area (Å²) < 4.78 is 10.6. The van der Waals surface area contributed by atoms with Crippen molar-refractivity contribution in [1.82, 2.24) is 5.32 Å². The van der Waals surface area contributed by atoms with Crippen LogP contribution in [0.25, 0.3) is 0 Å². The van der Waals surface area contributed by atoms with Gasteiger partial charge in [-0.1, -0.05) is 6.42 Å². The summed E-state index contributed by atoms with van der Waals surface area (Å²) in [4.78, 5) is 0. The van der Waals surface area contributed by atoms with Gasteiger partial charge in [0, 0.05) is 6.04 Å². The van der Waals surface area contributed by atoms with E-state index in [0.717, 1.165) is 24.9 Å². The third kappa shape index (κ3) is 2.31. The van der Waals surface area contributed by atoms with Crippen LogP contribution in [0.4, 0.5) is 0 Å². The number of aromatic hydroxyl groups is 1. The van der Waals surface area contributed by atoms with Gasteiger partial charge in [-0.25, -0.2) is 0 Å². The first kappa shape index (κ1) is 12.0. The Hall–Kier alpha value is -1.42. The third-order valence-electron chi connectivity index (χ3n) is 3.22. The van der Waals surface area contributed by atoms with Crippen LogP contribution in [0.1, 0.15) is 30.9 Å². The van der Waals surface area contributed by atoms with Crippen molar-refractivity contribution >= 4 is 0 Å². The standard InChI is InChI=1S/C13H19NO3/c1-16-11-7-6-10(15)12(13(11)17-2)9-5-3-4-8-14-9/h6-7,9,14-15H,3-5,8H2,1-2H3. The van der Waals surface area contributed by atoms with Gasteiger partial charge in [0.2, 0.25) is 0 Å². The molecule has 0 aromatic heterocycles. The average Bonchev–Trinajstić information content (AvgIpc) is 2.39. The summed E-state index contributed by atoms with van der Waals surface area (Å²) in [5.74, 6) is 1.56. The maximum absolute atomic E-state index is 10.0. The van der Waals surface area contributed by atoms with Gasteiger partial charge in [0.25, 0.3) is 0 Å². The fourth-order valence-corrected chi connectivity index (χ4v) is 2.38. The van der Waals surface area contributed by atoms with E-state index in [-0.39, 0.29) is 11.8 Å². The summed E-state index contributed by atoms with van der Waals surface area (Å²) >= 11 is 0. The molecule has 2 N–H and O–H groups in total. The zero-order chi connectivity index (χ0) is 12.3. The van der Waals surface area contributed by atoms with Crippen molar-refractivity contribution in [2.45, 2.75) is 25.3 Å². The van der Waals surface area contributed by atoms with E-state index in [1.165, 1.54) is 6.42 Å². The molecule has 4 nitrogen and oxygen atoms in total. The number of hydrogen-bond acceptors (Lipinski definition) is 4. The van der Waals surface area contributed by atoms with Crippen molar-refractivity contribution in [3.05, 3.63) is 17.7 Å². The molecule has 1 aliphatic rings. The molecule has 0 radical (unpaired) electrons. The predicted octanol–water partition coefficient (Wildman–Crippen LogP) is 2.22. The monoisotopic (exact) mass is 237 g/mol.